The number of hydroxylamine groups is 2. The minimum atomic E-state index is -0.926. The molecule has 5 N–H and O–H groups in total. The normalized spacial score (nSPS) is 17.0. The lowest BCUT2D eigenvalue weighted by atomic mass is 9.85. The largest absolute Gasteiger partial charge is 0.363 e. The number of urea groups is 1. The molecule has 314 valence electrons. The first kappa shape index (κ1) is 55.2. The standard InChI is InChI=1S/C30H59N7O4S.C3H8.C2H3NO2.C2H6.H2S/c1-21(14-12-15-22-17-18-22)31-26(38)23-16-13-19-37(23)27(39)25(30(5,6)7)33-28(40)32-24(29(2,3)4)20-35(10)41-42-36(11)34(8)9;1-3-2;3-2(5)1-4;1-2;/h21-25H,12-20H2,1-11H3,(H,31,38)(H2,32,33,40);3H2,1-2H3;1H,(H2,3,5);1-2H3;1H2. The Balaban J connectivity index is -0.00000203. The van der Waals surface area contributed by atoms with Crippen LogP contribution in [0.5, 0.6) is 0 Å². The summed E-state index contributed by atoms with van der Waals surface area (Å²) in [5, 5.41) is 12.8. The maximum absolute atomic E-state index is 13.9. The highest BCUT2D eigenvalue weighted by Crippen LogP contribution is 2.34. The van der Waals surface area contributed by atoms with Gasteiger partial charge < -0.3 is 26.6 Å². The van der Waals surface area contributed by atoms with E-state index in [1.165, 1.54) is 37.9 Å². The molecule has 14 nitrogen and oxygen atoms in total. The molecule has 0 aromatic heterocycles. The molecule has 0 aromatic rings. The topological polar surface area (TPSA) is 170 Å². The third kappa shape index (κ3) is 24.8. The minimum absolute atomic E-state index is 0. The molecule has 1 heterocycles. The fourth-order valence-corrected chi connectivity index (χ4v) is 5.38. The second kappa shape index (κ2) is 28.3. The molecule has 16 heteroatoms. The molecule has 2 rings (SSSR count). The summed E-state index contributed by atoms with van der Waals surface area (Å²) in [6, 6.07) is -1.91. The molecule has 0 spiro atoms. The number of nitrogens with one attached hydrogen (secondary N) is 3. The molecule has 1 saturated carbocycles. The molecular formula is C37H78N8O6S2. The summed E-state index contributed by atoms with van der Waals surface area (Å²) in [4.78, 5) is 60.4. The molecule has 1 aliphatic heterocycles. The highest BCUT2D eigenvalue weighted by atomic mass is 32.2. The molecular weight excluding hydrogens is 717 g/mol. The van der Waals surface area contributed by atoms with Crippen molar-refractivity contribution in [1.29, 1.82) is 0 Å². The van der Waals surface area contributed by atoms with Gasteiger partial charge in [-0.3, -0.25) is 19.2 Å². The number of carbonyl (C=O) groups excluding carboxylic acids is 5. The van der Waals surface area contributed by atoms with Gasteiger partial charge in [0.15, 0.2) is 0 Å². The summed E-state index contributed by atoms with van der Waals surface area (Å²) in [7, 11) is 7.55. The highest BCUT2D eigenvalue weighted by molar-refractivity contribution is 7.92. The van der Waals surface area contributed by atoms with Gasteiger partial charge >= 0.3 is 6.03 Å². The second-order valence-corrected chi connectivity index (χ2v) is 16.6. The van der Waals surface area contributed by atoms with E-state index in [1.54, 1.807) is 9.96 Å². The predicted octanol–water partition coefficient (Wildman–Crippen LogP) is 5.25. The van der Waals surface area contributed by atoms with Crippen molar-refractivity contribution in [2.24, 2.45) is 22.5 Å². The van der Waals surface area contributed by atoms with Crippen LogP contribution in [0.15, 0.2) is 0 Å². The van der Waals surface area contributed by atoms with Gasteiger partial charge in [-0.1, -0.05) is 101 Å². The van der Waals surface area contributed by atoms with Crippen molar-refractivity contribution in [3.8, 4) is 0 Å². The number of nitrogens with zero attached hydrogens (tertiary/aromatic N) is 4. The Morgan fingerprint density at radius 3 is 1.91 bits per heavy atom. The monoisotopic (exact) mass is 795 g/mol. The van der Waals surface area contributed by atoms with Crippen LogP contribution < -0.4 is 21.7 Å². The molecule has 5 amide bonds. The smallest absolute Gasteiger partial charge is 0.315 e. The van der Waals surface area contributed by atoms with Crippen molar-refractivity contribution in [3.05, 3.63) is 0 Å². The number of primary amides is 1. The van der Waals surface area contributed by atoms with Crippen LogP contribution in [0, 0.1) is 16.7 Å². The zero-order valence-electron chi connectivity index (χ0n) is 35.8. The SMILES string of the molecule is CC.CC(CCCC1CC1)NC(=O)C1CCCN1C(=O)C(NC(=O)NC(CN(C)OSN(C)N(C)C)C(C)(C)C)C(C)(C)C.CCC.NC(=O)C=O.S. The Morgan fingerprint density at radius 1 is 0.943 bits per heavy atom. The van der Waals surface area contributed by atoms with Crippen molar-refractivity contribution < 1.29 is 28.3 Å². The Labute approximate surface area is 333 Å². The van der Waals surface area contributed by atoms with E-state index in [9.17, 15) is 19.2 Å². The third-order valence-electron chi connectivity index (χ3n) is 8.30. The molecule has 4 unspecified atom stereocenters. The third-order valence-corrected chi connectivity index (χ3v) is 9.16. The lowest BCUT2D eigenvalue weighted by Crippen LogP contribution is -2.61. The van der Waals surface area contributed by atoms with E-state index >= 15 is 0 Å². The maximum Gasteiger partial charge on any atom is 0.315 e. The van der Waals surface area contributed by atoms with Gasteiger partial charge in [0.1, 0.15) is 24.3 Å². The van der Waals surface area contributed by atoms with E-state index in [0.717, 1.165) is 25.2 Å². The van der Waals surface area contributed by atoms with Crippen LogP contribution in [0.4, 0.5) is 4.79 Å². The molecule has 1 saturated heterocycles. The molecule has 53 heavy (non-hydrogen) atoms. The molecule has 1 aliphatic carbocycles. The van der Waals surface area contributed by atoms with E-state index in [0.29, 0.717) is 19.5 Å². The molecule has 0 aromatic carbocycles. The average molecular weight is 795 g/mol. The van der Waals surface area contributed by atoms with Gasteiger partial charge in [0.05, 0.1) is 6.04 Å². The van der Waals surface area contributed by atoms with Gasteiger partial charge in [-0.25, -0.2) is 14.1 Å². The average Bonchev–Trinajstić information content (AvgIpc) is 3.73. The van der Waals surface area contributed by atoms with E-state index in [2.05, 4.69) is 56.3 Å². The van der Waals surface area contributed by atoms with Crippen LogP contribution in [0.1, 0.15) is 128 Å². The second-order valence-electron chi connectivity index (χ2n) is 15.8. The Bertz CT molecular complexity index is 1050. The Kier molecular flexibility index (Phi) is 29.5. The minimum Gasteiger partial charge on any atom is -0.363 e. The quantitative estimate of drug-likeness (QED) is 0.0533. The van der Waals surface area contributed by atoms with Crippen LogP contribution in [0.2, 0.25) is 0 Å². The molecule has 0 radical (unpaired) electrons. The summed E-state index contributed by atoms with van der Waals surface area (Å²) in [5.41, 5.74) is 3.45. The fraction of sp³-hybridized carbons (Fsp3) is 0.865. The number of likely N-dealkylation sites (N-methyl/N-ethyl adjacent to an activating group) is 1. The number of aldehydes is 1. The summed E-state index contributed by atoms with van der Waals surface area (Å²) >= 11 is 1.18. The van der Waals surface area contributed by atoms with E-state index in [1.807, 2.05) is 79.2 Å². The number of hydrogen-bond acceptors (Lipinski definition) is 10. The van der Waals surface area contributed by atoms with Gasteiger partial charge in [0.2, 0.25) is 18.1 Å². The number of carbonyl (C=O) groups is 5. The van der Waals surface area contributed by atoms with Crippen molar-refractivity contribution in [2.75, 3.05) is 41.3 Å². The summed E-state index contributed by atoms with van der Waals surface area (Å²) < 4.78 is 7.61. The zero-order chi connectivity index (χ0) is 40.8. The first-order valence-corrected chi connectivity index (χ1v) is 19.7. The lowest BCUT2D eigenvalue weighted by Gasteiger charge is -2.37. The number of hydrazine groups is 1. The van der Waals surface area contributed by atoms with Crippen molar-refractivity contribution in [3.63, 3.8) is 0 Å². The van der Waals surface area contributed by atoms with Crippen LogP contribution in [0.25, 0.3) is 0 Å². The van der Waals surface area contributed by atoms with Gasteiger partial charge in [-0.15, -0.1) is 0 Å². The van der Waals surface area contributed by atoms with Crippen LogP contribution in [-0.4, -0.2) is 115 Å². The van der Waals surface area contributed by atoms with Crippen molar-refractivity contribution in [2.45, 2.75) is 152 Å². The Morgan fingerprint density at radius 2 is 1.47 bits per heavy atom. The first-order valence-electron chi connectivity index (χ1n) is 19.0. The number of amides is 5. The number of rotatable bonds is 16. The van der Waals surface area contributed by atoms with Crippen LogP contribution in [-0.2, 0) is 23.5 Å². The van der Waals surface area contributed by atoms with E-state index in [-0.39, 0.29) is 49.1 Å². The molecule has 0 bridgehead atoms. The van der Waals surface area contributed by atoms with Crippen molar-refractivity contribution in [1.82, 2.24) is 35.3 Å². The molecule has 2 aliphatic rings. The number of nitrogens with two attached hydrogens (primary N) is 1. The number of hydrogen-bond donors (Lipinski definition) is 4. The van der Waals surface area contributed by atoms with Crippen LogP contribution in [0.3, 0.4) is 0 Å². The van der Waals surface area contributed by atoms with Gasteiger partial charge in [0, 0.05) is 47.3 Å². The maximum atomic E-state index is 13.9. The number of likely N-dealkylation sites (tertiary alicyclic amines) is 1. The van der Waals surface area contributed by atoms with E-state index in [4.69, 9.17) is 9.08 Å². The van der Waals surface area contributed by atoms with Gasteiger partial charge in [0.25, 0.3) is 5.91 Å². The van der Waals surface area contributed by atoms with Gasteiger partial charge in [-0.2, -0.15) is 23.0 Å². The summed E-state index contributed by atoms with van der Waals surface area (Å²) in [6.07, 6.45) is 8.70. The highest BCUT2D eigenvalue weighted by Gasteiger charge is 2.42. The summed E-state index contributed by atoms with van der Waals surface area (Å²) in [6.45, 7) is 23.2. The Hall–Kier alpha value is -2.11. The molecule has 4 atom stereocenters. The van der Waals surface area contributed by atoms with Crippen molar-refractivity contribution >= 4 is 55.8 Å². The van der Waals surface area contributed by atoms with E-state index < -0.39 is 29.4 Å². The molecule has 2 fully saturated rings. The van der Waals surface area contributed by atoms with Gasteiger partial charge in [-0.05, 0) is 42.9 Å². The van der Waals surface area contributed by atoms with Crippen LogP contribution >= 0.6 is 25.7 Å². The lowest BCUT2D eigenvalue weighted by molar-refractivity contribution is -0.142. The predicted molar refractivity (Wildman–Crippen MR) is 223 cm³/mol. The zero-order valence-corrected chi connectivity index (χ0v) is 37.6. The summed E-state index contributed by atoms with van der Waals surface area (Å²) in [5.74, 6) is -0.347. The first-order chi connectivity index (χ1) is 24.1. The fourth-order valence-electron chi connectivity index (χ4n) is 4.97.